The van der Waals surface area contributed by atoms with Crippen molar-refractivity contribution < 1.29 is 80.2 Å². The Hall–Kier alpha value is -4.54. The van der Waals surface area contributed by atoms with E-state index in [1.807, 2.05) is 0 Å². The standard InChI is InChI=1S/C83H142O17P2/c1-5-9-13-17-21-25-29-33-36-37-38-39-42-45-48-52-56-60-64-68-81(86)94-73-78(99-82(87)69-65-61-57-53-49-43-32-28-24-20-16-12-8-4)75-97-101(89,90)95-71-77(84)72-96-102(91,92)98-76-79(100-83(88)70-66-62-58-54-50-46-41-35-31-27-23-19-15-11-7-3)74-93-80(85)67-63-59-55-51-47-44-40-34-30-26-22-18-14-10-6-2/h9-10,13-14,21-23,25-27,33-36,38-41,47,51,77-79,84H,5-8,11-12,15-20,24,28-32,37,42-46,48-50,52-76H2,1-4H3,(H,89,90)(H,91,92)/b13-9-,14-10-,25-21-,26-22-,27-23-,36-33-,39-38-,40-34-,41-35-,51-47-. The molecule has 19 heteroatoms. The minimum absolute atomic E-state index is 0.0683. The van der Waals surface area contributed by atoms with Crippen LogP contribution in [0.25, 0.3) is 0 Å². The number of carbonyl (C=O) groups excluding carboxylic acids is 4. The summed E-state index contributed by atoms with van der Waals surface area (Å²) in [4.78, 5) is 73.0. The molecule has 0 aliphatic heterocycles. The minimum atomic E-state index is -4.99. The Balaban J connectivity index is 5.39. The van der Waals surface area contributed by atoms with Crippen molar-refractivity contribution in [3.63, 3.8) is 0 Å². The van der Waals surface area contributed by atoms with E-state index in [-0.39, 0.29) is 25.7 Å². The van der Waals surface area contributed by atoms with Gasteiger partial charge in [0, 0.05) is 25.7 Å². The van der Waals surface area contributed by atoms with Gasteiger partial charge in [0.2, 0.25) is 0 Å². The van der Waals surface area contributed by atoms with E-state index < -0.39 is 97.5 Å². The molecule has 5 unspecified atom stereocenters. The van der Waals surface area contributed by atoms with Gasteiger partial charge in [-0.15, -0.1) is 0 Å². The molecule has 0 aromatic rings. The molecular weight excluding hydrogens is 1330 g/mol. The molecule has 0 fully saturated rings. The molecule has 0 radical (unpaired) electrons. The largest absolute Gasteiger partial charge is 0.472 e. The Labute approximate surface area is 619 Å². The number of aliphatic hydroxyl groups is 1. The molecule has 0 spiro atoms. The second-order valence-corrected chi connectivity index (χ2v) is 29.2. The maximum absolute atomic E-state index is 13.1. The van der Waals surface area contributed by atoms with E-state index in [2.05, 4.69) is 149 Å². The van der Waals surface area contributed by atoms with E-state index in [1.54, 1.807) is 0 Å². The van der Waals surface area contributed by atoms with Crippen molar-refractivity contribution in [2.75, 3.05) is 39.6 Å². The van der Waals surface area contributed by atoms with Crippen LogP contribution in [0, 0.1) is 0 Å². The number of phosphoric acid groups is 2. The Morgan fingerprint density at radius 2 is 0.510 bits per heavy atom. The molecule has 0 bridgehead atoms. The zero-order valence-corrected chi connectivity index (χ0v) is 65.8. The fourth-order valence-corrected chi connectivity index (χ4v) is 12.0. The average Bonchev–Trinajstić information content (AvgIpc) is 0.908. The second kappa shape index (κ2) is 74.7. The van der Waals surface area contributed by atoms with Crippen LogP contribution in [-0.2, 0) is 65.4 Å². The van der Waals surface area contributed by atoms with E-state index in [9.17, 15) is 43.2 Å². The summed E-state index contributed by atoms with van der Waals surface area (Å²) in [5.74, 6) is -2.24. The first-order chi connectivity index (χ1) is 49.7. The quantitative estimate of drug-likeness (QED) is 0.0169. The number of rotatable bonds is 74. The van der Waals surface area contributed by atoms with Crippen LogP contribution in [0.2, 0.25) is 0 Å². The monoisotopic (exact) mass is 1470 g/mol. The van der Waals surface area contributed by atoms with Crippen molar-refractivity contribution >= 4 is 39.5 Å². The maximum Gasteiger partial charge on any atom is 0.472 e. The number of esters is 4. The third kappa shape index (κ3) is 73.8. The van der Waals surface area contributed by atoms with E-state index in [0.29, 0.717) is 25.7 Å². The fraction of sp³-hybridized carbons (Fsp3) is 0.711. The molecule has 0 aliphatic carbocycles. The molecule has 0 aromatic carbocycles. The van der Waals surface area contributed by atoms with Crippen LogP contribution in [0.3, 0.4) is 0 Å². The Morgan fingerprint density at radius 1 is 0.284 bits per heavy atom. The summed E-state index contributed by atoms with van der Waals surface area (Å²) in [6.07, 6.45) is 81.8. The number of hydrogen-bond acceptors (Lipinski definition) is 15. The van der Waals surface area contributed by atoms with Crippen molar-refractivity contribution in [2.45, 2.75) is 341 Å². The first-order valence-corrected chi connectivity index (χ1v) is 42.8. The van der Waals surface area contributed by atoms with Gasteiger partial charge >= 0.3 is 39.5 Å². The van der Waals surface area contributed by atoms with E-state index in [1.165, 1.54) is 70.6 Å². The molecule has 5 atom stereocenters. The Morgan fingerprint density at radius 3 is 0.824 bits per heavy atom. The van der Waals surface area contributed by atoms with Gasteiger partial charge in [0.15, 0.2) is 12.2 Å². The zero-order valence-electron chi connectivity index (χ0n) is 64.0. The second-order valence-electron chi connectivity index (χ2n) is 26.2. The molecule has 0 saturated carbocycles. The predicted octanol–water partition coefficient (Wildman–Crippen LogP) is 23.1. The third-order valence-electron chi connectivity index (χ3n) is 16.4. The SMILES string of the molecule is CC/C=C\C/C=C\C/C=C\C/C=C\CCCCCCCCC(=O)OCC(COP(=O)(O)OCC(O)COP(=O)(O)OCC(COC(=O)CCCC/C=C\C/C=C\C/C=C\C/C=C\CC)OC(=O)CCCCCCC/C=C\C/C=C\CCCCC)OC(=O)CCCCCCCCCCCCCCC. The van der Waals surface area contributed by atoms with Crippen molar-refractivity contribution in [1.82, 2.24) is 0 Å². The number of ether oxygens (including phenoxy) is 4. The highest BCUT2D eigenvalue weighted by atomic mass is 31.2. The van der Waals surface area contributed by atoms with Crippen LogP contribution in [-0.4, -0.2) is 96.7 Å². The van der Waals surface area contributed by atoms with Crippen LogP contribution >= 0.6 is 15.6 Å². The molecule has 0 saturated heterocycles. The van der Waals surface area contributed by atoms with E-state index >= 15 is 0 Å². The van der Waals surface area contributed by atoms with Gasteiger partial charge < -0.3 is 33.8 Å². The molecule has 0 heterocycles. The summed E-state index contributed by atoms with van der Waals surface area (Å²) >= 11 is 0. The molecule has 17 nitrogen and oxygen atoms in total. The minimum Gasteiger partial charge on any atom is -0.462 e. The highest BCUT2D eigenvalue weighted by molar-refractivity contribution is 7.47. The van der Waals surface area contributed by atoms with Gasteiger partial charge in [0.25, 0.3) is 0 Å². The van der Waals surface area contributed by atoms with Crippen molar-refractivity contribution in [2.24, 2.45) is 0 Å². The number of phosphoric ester groups is 2. The summed E-state index contributed by atoms with van der Waals surface area (Å²) < 4.78 is 68.5. The van der Waals surface area contributed by atoms with Crippen molar-refractivity contribution in [3.05, 3.63) is 122 Å². The van der Waals surface area contributed by atoms with Gasteiger partial charge in [-0.1, -0.05) is 284 Å². The number of hydrogen-bond donors (Lipinski definition) is 3. The first kappa shape index (κ1) is 97.5. The van der Waals surface area contributed by atoms with Crippen LogP contribution in [0.15, 0.2) is 122 Å². The topological polar surface area (TPSA) is 237 Å². The van der Waals surface area contributed by atoms with Crippen molar-refractivity contribution in [1.29, 1.82) is 0 Å². The summed E-state index contributed by atoms with van der Waals surface area (Å²) in [7, 11) is -9.97. The summed E-state index contributed by atoms with van der Waals surface area (Å²) in [6.45, 7) is 4.56. The third-order valence-corrected chi connectivity index (χ3v) is 18.3. The average molecular weight is 1470 g/mol. The van der Waals surface area contributed by atoms with Crippen molar-refractivity contribution in [3.8, 4) is 0 Å². The molecule has 102 heavy (non-hydrogen) atoms. The lowest BCUT2D eigenvalue weighted by molar-refractivity contribution is -0.161. The molecule has 0 aromatic heterocycles. The Bertz CT molecular complexity index is 2410. The molecule has 0 rings (SSSR count). The molecule has 0 aliphatic rings. The lowest BCUT2D eigenvalue weighted by Crippen LogP contribution is -2.30. The normalized spacial score (nSPS) is 14.5. The lowest BCUT2D eigenvalue weighted by atomic mass is 10.0. The maximum atomic E-state index is 13.1. The zero-order chi connectivity index (χ0) is 74.6. The molecular formula is C83H142O17P2. The predicted molar refractivity (Wildman–Crippen MR) is 418 cm³/mol. The first-order valence-electron chi connectivity index (χ1n) is 39.8. The van der Waals surface area contributed by atoms with Gasteiger partial charge in [-0.05, 0) is 135 Å². The van der Waals surface area contributed by atoms with E-state index in [4.69, 9.17) is 37.0 Å². The van der Waals surface area contributed by atoms with E-state index in [0.717, 1.165) is 173 Å². The smallest absolute Gasteiger partial charge is 0.462 e. The van der Waals surface area contributed by atoms with Crippen LogP contribution in [0.4, 0.5) is 0 Å². The van der Waals surface area contributed by atoms with Crippen LogP contribution in [0.1, 0.15) is 323 Å². The van der Waals surface area contributed by atoms with Crippen LogP contribution < -0.4 is 0 Å². The van der Waals surface area contributed by atoms with Gasteiger partial charge in [0.05, 0.1) is 26.4 Å². The Kier molecular flexibility index (Phi) is 71.4. The highest BCUT2D eigenvalue weighted by Gasteiger charge is 2.30. The van der Waals surface area contributed by atoms with Gasteiger partial charge in [-0.3, -0.25) is 37.3 Å². The number of carbonyl (C=O) groups is 4. The van der Waals surface area contributed by atoms with Gasteiger partial charge in [0.1, 0.15) is 19.3 Å². The highest BCUT2D eigenvalue weighted by Crippen LogP contribution is 2.45. The number of allylic oxidation sites excluding steroid dienone is 20. The van der Waals surface area contributed by atoms with Gasteiger partial charge in [-0.25, -0.2) is 9.13 Å². The molecule has 3 N–H and O–H groups in total. The summed E-state index contributed by atoms with van der Waals surface area (Å²) in [5, 5.41) is 10.6. The molecule has 0 amide bonds. The molecule has 586 valence electrons. The van der Waals surface area contributed by atoms with Crippen LogP contribution in [0.5, 0.6) is 0 Å². The summed E-state index contributed by atoms with van der Waals surface area (Å²) in [5.41, 5.74) is 0. The fourth-order valence-electron chi connectivity index (χ4n) is 10.4. The lowest BCUT2D eigenvalue weighted by Gasteiger charge is -2.21. The van der Waals surface area contributed by atoms with Gasteiger partial charge in [-0.2, -0.15) is 0 Å². The number of aliphatic hydroxyl groups excluding tert-OH is 1. The summed E-state index contributed by atoms with van der Waals surface area (Å²) in [6, 6.07) is 0. The number of unbranched alkanes of at least 4 members (excludes halogenated alkanes) is 28.